The Balaban J connectivity index is 2.84. The summed E-state index contributed by atoms with van der Waals surface area (Å²) in [4.78, 5) is 0. The summed E-state index contributed by atoms with van der Waals surface area (Å²) in [5.74, 6) is -0.691. The summed E-state index contributed by atoms with van der Waals surface area (Å²) in [6.45, 7) is 7.81. The Bertz CT molecular complexity index is 356. The molecule has 0 N–H and O–H groups in total. The van der Waals surface area contributed by atoms with E-state index in [1.54, 1.807) is 19.1 Å². The maximum absolute atomic E-state index is 13.7. The van der Waals surface area contributed by atoms with Gasteiger partial charge in [-0.15, -0.1) is 0 Å². The van der Waals surface area contributed by atoms with Gasteiger partial charge in [0, 0.05) is 0 Å². The van der Waals surface area contributed by atoms with Crippen LogP contribution in [0.4, 0.5) is 8.78 Å². The number of benzene rings is 1. The minimum absolute atomic E-state index is 0.0810. The molecule has 1 atom stereocenters. The van der Waals surface area contributed by atoms with Crippen molar-refractivity contribution in [3.05, 3.63) is 34.9 Å². The molecule has 0 spiro atoms. The van der Waals surface area contributed by atoms with E-state index in [-0.39, 0.29) is 5.92 Å². The normalized spacial score (nSPS) is 13.2. The molecule has 0 nitrogen and oxygen atoms in total. The quantitative estimate of drug-likeness (QED) is 0.691. The van der Waals surface area contributed by atoms with Crippen LogP contribution >= 0.6 is 0 Å². The summed E-state index contributed by atoms with van der Waals surface area (Å²) in [6, 6.07) is 3.36. The van der Waals surface area contributed by atoms with E-state index in [4.69, 9.17) is 0 Å². The molecule has 2 heteroatoms. The van der Waals surface area contributed by atoms with E-state index < -0.39 is 11.6 Å². The maximum atomic E-state index is 13.7. The Morgan fingerprint density at radius 2 is 1.62 bits per heavy atom. The van der Waals surface area contributed by atoms with Crippen LogP contribution in [0.15, 0.2) is 12.1 Å². The van der Waals surface area contributed by atoms with Crippen LogP contribution in [0, 0.1) is 24.5 Å². The predicted octanol–water partition coefficient (Wildman–Crippen LogP) is 4.81. The van der Waals surface area contributed by atoms with Crippen LogP contribution in [-0.2, 0) is 0 Å². The lowest BCUT2D eigenvalue weighted by molar-refractivity contribution is 0.466. The van der Waals surface area contributed by atoms with Gasteiger partial charge in [0.05, 0.1) is 0 Å². The zero-order valence-corrected chi connectivity index (χ0v) is 10.5. The van der Waals surface area contributed by atoms with Crippen molar-refractivity contribution in [1.29, 1.82) is 0 Å². The van der Waals surface area contributed by atoms with E-state index in [2.05, 4.69) is 13.8 Å². The lowest BCUT2D eigenvalue weighted by Gasteiger charge is -2.15. The molecule has 1 rings (SSSR count). The lowest BCUT2D eigenvalue weighted by Crippen LogP contribution is -2.03. The summed E-state index contributed by atoms with van der Waals surface area (Å²) >= 11 is 0. The van der Waals surface area contributed by atoms with Gasteiger partial charge in [-0.2, -0.15) is 0 Å². The van der Waals surface area contributed by atoms with Crippen molar-refractivity contribution < 1.29 is 8.78 Å². The van der Waals surface area contributed by atoms with Crippen molar-refractivity contribution in [2.75, 3.05) is 0 Å². The molecule has 1 unspecified atom stereocenters. The maximum Gasteiger partial charge on any atom is 0.162 e. The topological polar surface area (TPSA) is 0 Å². The van der Waals surface area contributed by atoms with Gasteiger partial charge in [-0.25, -0.2) is 8.78 Å². The third-order valence-electron chi connectivity index (χ3n) is 3.01. The van der Waals surface area contributed by atoms with Crippen LogP contribution in [-0.4, -0.2) is 0 Å². The first-order valence-electron chi connectivity index (χ1n) is 5.88. The molecule has 16 heavy (non-hydrogen) atoms. The van der Waals surface area contributed by atoms with Crippen LogP contribution in [0.2, 0.25) is 0 Å². The number of hydrogen-bond acceptors (Lipinski definition) is 0. The molecule has 0 fully saturated rings. The molecular weight excluding hydrogens is 206 g/mol. The van der Waals surface area contributed by atoms with Gasteiger partial charge < -0.3 is 0 Å². The Hall–Kier alpha value is -0.920. The molecule has 0 radical (unpaired) electrons. The van der Waals surface area contributed by atoms with E-state index in [1.165, 1.54) is 0 Å². The average Bonchev–Trinajstić information content (AvgIpc) is 2.23. The molecule has 0 aromatic heterocycles. The Morgan fingerprint density at radius 3 is 2.19 bits per heavy atom. The van der Waals surface area contributed by atoms with E-state index >= 15 is 0 Å². The Labute approximate surface area is 96.7 Å². The molecule has 0 saturated carbocycles. The van der Waals surface area contributed by atoms with Gasteiger partial charge in [0.15, 0.2) is 11.6 Å². The van der Waals surface area contributed by atoms with Gasteiger partial charge in [-0.3, -0.25) is 0 Å². The molecular formula is C14H20F2. The van der Waals surface area contributed by atoms with E-state index in [9.17, 15) is 8.78 Å². The van der Waals surface area contributed by atoms with E-state index in [0.717, 1.165) is 12.8 Å². The highest BCUT2D eigenvalue weighted by Gasteiger charge is 2.16. The molecule has 0 bridgehead atoms. The van der Waals surface area contributed by atoms with E-state index in [1.807, 2.05) is 6.92 Å². The van der Waals surface area contributed by atoms with Crippen LogP contribution < -0.4 is 0 Å². The van der Waals surface area contributed by atoms with Crippen LogP contribution in [0.5, 0.6) is 0 Å². The molecule has 90 valence electrons. The van der Waals surface area contributed by atoms with Crippen LogP contribution in [0.1, 0.15) is 50.7 Å². The monoisotopic (exact) mass is 226 g/mol. The Kier molecular flexibility index (Phi) is 4.45. The molecule has 1 aromatic rings. The molecule has 0 aliphatic heterocycles. The predicted molar refractivity (Wildman–Crippen MR) is 63.6 cm³/mol. The fraction of sp³-hybridized carbons (Fsp3) is 0.571. The van der Waals surface area contributed by atoms with Gasteiger partial charge in [0.2, 0.25) is 0 Å². The van der Waals surface area contributed by atoms with Gasteiger partial charge in [-0.1, -0.05) is 39.3 Å². The largest absolute Gasteiger partial charge is 0.203 e. The zero-order chi connectivity index (χ0) is 12.3. The van der Waals surface area contributed by atoms with Crippen molar-refractivity contribution in [2.45, 2.75) is 46.5 Å². The highest BCUT2D eigenvalue weighted by atomic mass is 19.2. The van der Waals surface area contributed by atoms with E-state index in [0.29, 0.717) is 17.0 Å². The van der Waals surface area contributed by atoms with Crippen LogP contribution in [0.25, 0.3) is 0 Å². The summed E-state index contributed by atoms with van der Waals surface area (Å²) in [5, 5.41) is 0. The second-order valence-corrected chi connectivity index (χ2v) is 4.97. The highest BCUT2D eigenvalue weighted by Crippen LogP contribution is 2.27. The minimum atomic E-state index is -0.700. The standard InChI is InChI=1S/C14H20F2/c1-9(2)5-6-10(3)12-8-7-11(4)13(15)14(12)16/h7-10H,5-6H2,1-4H3. The molecule has 0 aliphatic rings. The van der Waals surface area contributed by atoms with Gasteiger partial charge in [0.25, 0.3) is 0 Å². The zero-order valence-electron chi connectivity index (χ0n) is 10.5. The van der Waals surface area contributed by atoms with Crippen molar-refractivity contribution in [3.8, 4) is 0 Å². The first kappa shape index (κ1) is 13.1. The number of hydrogen-bond donors (Lipinski definition) is 0. The van der Waals surface area contributed by atoms with Gasteiger partial charge >= 0.3 is 0 Å². The first-order chi connectivity index (χ1) is 7.43. The Morgan fingerprint density at radius 1 is 1.00 bits per heavy atom. The second-order valence-electron chi connectivity index (χ2n) is 4.97. The van der Waals surface area contributed by atoms with Crippen molar-refractivity contribution in [1.82, 2.24) is 0 Å². The number of rotatable bonds is 4. The molecule has 0 aliphatic carbocycles. The first-order valence-corrected chi connectivity index (χ1v) is 5.88. The lowest BCUT2D eigenvalue weighted by atomic mass is 9.92. The number of aryl methyl sites for hydroxylation is 1. The third-order valence-corrected chi connectivity index (χ3v) is 3.01. The SMILES string of the molecule is Cc1ccc(C(C)CCC(C)C)c(F)c1F. The van der Waals surface area contributed by atoms with Gasteiger partial charge in [-0.05, 0) is 36.3 Å². The second kappa shape index (κ2) is 5.42. The highest BCUT2D eigenvalue weighted by molar-refractivity contribution is 5.27. The summed E-state index contributed by atoms with van der Waals surface area (Å²) in [5.41, 5.74) is 0.876. The van der Waals surface area contributed by atoms with Crippen molar-refractivity contribution >= 4 is 0 Å². The molecule has 1 aromatic carbocycles. The number of halogens is 2. The van der Waals surface area contributed by atoms with Crippen LogP contribution in [0.3, 0.4) is 0 Å². The van der Waals surface area contributed by atoms with Gasteiger partial charge in [0.1, 0.15) is 0 Å². The molecule has 0 heterocycles. The third kappa shape index (κ3) is 3.03. The fourth-order valence-electron chi connectivity index (χ4n) is 1.78. The summed E-state index contributed by atoms with van der Waals surface area (Å²) in [7, 11) is 0. The van der Waals surface area contributed by atoms with Crippen molar-refractivity contribution in [3.63, 3.8) is 0 Å². The minimum Gasteiger partial charge on any atom is -0.203 e. The summed E-state index contributed by atoms with van der Waals surface area (Å²) < 4.78 is 27.0. The fourth-order valence-corrected chi connectivity index (χ4v) is 1.78. The smallest absolute Gasteiger partial charge is 0.162 e. The summed E-state index contributed by atoms with van der Waals surface area (Å²) in [6.07, 6.45) is 1.94. The molecule has 0 amide bonds. The van der Waals surface area contributed by atoms with Crippen molar-refractivity contribution in [2.24, 2.45) is 5.92 Å². The average molecular weight is 226 g/mol. The molecule has 0 saturated heterocycles.